The lowest BCUT2D eigenvalue weighted by Crippen LogP contribution is -2.23. The molecule has 0 radical (unpaired) electrons. The minimum absolute atomic E-state index is 0.157. The second-order valence-electron chi connectivity index (χ2n) is 5.86. The SMILES string of the molecule is O=C(CS(=O)(=O)c1ccccc1)Nc1ccc(N2CCCC2)cc1. The van der Waals surface area contributed by atoms with Gasteiger partial charge in [-0.15, -0.1) is 0 Å². The van der Waals surface area contributed by atoms with Crippen LogP contribution in [0.2, 0.25) is 0 Å². The summed E-state index contributed by atoms with van der Waals surface area (Å²) in [4.78, 5) is 14.5. The zero-order valence-corrected chi connectivity index (χ0v) is 14.1. The van der Waals surface area contributed by atoms with Crippen molar-refractivity contribution in [3.05, 3.63) is 54.6 Å². The molecule has 2 aromatic carbocycles. The number of benzene rings is 2. The van der Waals surface area contributed by atoms with Crippen LogP contribution in [0.4, 0.5) is 11.4 Å². The van der Waals surface area contributed by atoms with Gasteiger partial charge >= 0.3 is 0 Å². The highest BCUT2D eigenvalue weighted by Crippen LogP contribution is 2.22. The van der Waals surface area contributed by atoms with Crippen LogP contribution in [0.25, 0.3) is 0 Å². The van der Waals surface area contributed by atoms with Crippen LogP contribution < -0.4 is 10.2 Å². The van der Waals surface area contributed by atoms with E-state index in [4.69, 9.17) is 0 Å². The highest BCUT2D eigenvalue weighted by atomic mass is 32.2. The Hall–Kier alpha value is -2.34. The third-order valence-corrected chi connectivity index (χ3v) is 5.68. The topological polar surface area (TPSA) is 66.5 Å². The van der Waals surface area contributed by atoms with E-state index in [1.54, 1.807) is 30.3 Å². The van der Waals surface area contributed by atoms with E-state index >= 15 is 0 Å². The molecule has 1 aliphatic rings. The van der Waals surface area contributed by atoms with Gasteiger partial charge in [0.1, 0.15) is 5.75 Å². The summed E-state index contributed by atoms with van der Waals surface area (Å²) in [5.41, 5.74) is 1.73. The number of hydrogen-bond donors (Lipinski definition) is 1. The Labute approximate surface area is 142 Å². The van der Waals surface area contributed by atoms with E-state index < -0.39 is 21.5 Å². The molecule has 24 heavy (non-hydrogen) atoms. The first-order valence-corrected chi connectivity index (χ1v) is 9.62. The Kier molecular flexibility index (Phi) is 4.85. The Morgan fingerprint density at radius 1 is 0.958 bits per heavy atom. The zero-order valence-electron chi connectivity index (χ0n) is 13.3. The van der Waals surface area contributed by atoms with Crippen LogP contribution in [0.15, 0.2) is 59.5 Å². The van der Waals surface area contributed by atoms with Crippen molar-refractivity contribution in [2.75, 3.05) is 29.1 Å². The van der Waals surface area contributed by atoms with Gasteiger partial charge in [0.25, 0.3) is 0 Å². The quantitative estimate of drug-likeness (QED) is 0.906. The first-order chi connectivity index (χ1) is 11.5. The lowest BCUT2D eigenvalue weighted by molar-refractivity contribution is -0.113. The molecular weight excluding hydrogens is 324 g/mol. The van der Waals surface area contributed by atoms with Crippen LogP contribution in [0.1, 0.15) is 12.8 Å². The summed E-state index contributed by atoms with van der Waals surface area (Å²) in [5.74, 6) is -1.10. The number of nitrogens with one attached hydrogen (secondary N) is 1. The van der Waals surface area contributed by atoms with Gasteiger partial charge in [-0.1, -0.05) is 18.2 Å². The molecule has 0 aliphatic carbocycles. The van der Waals surface area contributed by atoms with Gasteiger partial charge in [0.2, 0.25) is 5.91 Å². The van der Waals surface area contributed by atoms with E-state index in [1.165, 1.54) is 25.0 Å². The first kappa shape index (κ1) is 16.5. The predicted octanol–water partition coefficient (Wildman–Crippen LogP) is 2.70. The van der Waals surface area contributed by atoms with Gasteiger partial charge in [-0.25, -0.2) is 8.42 Å². The maximum atomic E-state index is 12.2. The van der Waals surface area contributed by atoms with Gasteiger partial charge < -0.3 is 10.2 Å². The van der Waals surface area contributed by atoms with Crippen molar-refractivity contribution in [2.45, 2.75) is 17.7 Å². The van der Waals surface area contributed by atoms with Crippen LogP contribution in [-0.2, 0) is 14.6 Å². The molecule has 5 nitrogen and oxygen atoms in total. The summed E-state index contributed by atoms with van der Waals surface area (Å²) in [6, 6.07) is 15.5. The van der Waals surface area contributed by atoms with E-state index in [0.717, 1.165) is 18.8 Å². The van der Waals surface area contributed by atoms with Crippen LogP contribution in [0.3, 0.4) is 0 Å². The molecule has 0 unspecified atom stereocenters. The molecule has 1 fully saturated rings. The Balaban J connectivity index is 1.62. The van der Waals surface area contributed by atoms with Crippen LogP contribution in [0.5, 0.6) is 0 Å². The molecule has 1 heterocycles. The lowest BCUT2D eigenvalue weighted by Gasteiger charge is -2.17. The molecule has 126 valence electrons. The monoisotopic (exact) mass is 344 g/mol. The highest BCUT2D eigenvalue weighted by molar-refractivity contribution is 7.92. The van der Waals surface area contributed by atoms with Crippen LogP contribution >= 0.6 is 0 Å². The number of hydrogen-bond acceptors (Lipinski definition) is 4. The number of anilines is 2. The molecule has 3 rings (SSSR count). The van der Waals surface area contributed by atoms with Crippen molar-refractivity contribution in [2.24, 2.45) is 0 Å². The average molecular weight is 344 g/mol. The van der Waals surface area contributed by atoms with Crippen molar-refractivity contribution < 1.29 is 13.2 Å². The second kappa shape index (κ2) is 7.05. The van der Waals surface area contributed by atoms with Gasteiger partial charge in [-0.2, -0.15) is 0 Å². The number of carbonyl (C=O) groups excluding carboxylic acids is 1. The minimum atomic E-state index is -3.62. The number of carbonyl (C=O) groups is 1. The summed E-state index contributed by atoms with van der Waals surface area (Å²) in [6.07, 6.45) is 2.41. The largest absolute Gasteiger partial charge is 0.372 e. The smallest absolute Gasteiger partial charge is 0.239 e. The van der Waals surface area contributed by atoms with Gasteiger partial charge in [0.15, 0.2) is 9.84 Å². The summed E-state index contributed by atoms with van der Waals surface area (Å²) in [6.45, 7) is 2.11. The van der Waals surface area contributed by atoms with Crippen LogP contribution in [0, 0.1) is 0 Å². The predicted molar refractivity (Wildman–Crippen MR) is 95.0 cm³/mol. The molecule has 2 aromatic rings. The van der Waals surface area contributed by atoms with Crippen molar-refractivity contribution in [1.82, 2.24) is 0 Å². The standard InChI is InChI=1S/C18H20N2O3S/c21-18(14-24(22,23)17-6-2-1-3-7-17)19-15-8-10-16(11-9-15)20-12-4-5-13-20/h1-3,6-11H,4-5,12-14H2,(H,19,21). The molecule has 1 saturated heterocycles. The fourth-order valence-electron chi connectivity index (χ4n) is 2.81. The van der Waals surface area contributed by atoms with Gasteiger partial charge in [-0.3, -0.25) is 4.79 Å². The lowest BCUT2D eigenvalue weighted by atomic mass is 10.2. The van der Waals surface area contributed by atoms with E-state index in [-0.39, 0.29) is 4.90 Å². The summed E-state index contributed by atoms with van der Waals surface area (Å²) in [5, 5.41) is 2.65. The van der Waals surface area contributed by atoms with Crippen molar-refractivity contribution >= 4 is 27.1 Å². The molecule has 0 bridgehead atoms. The summed E-state index contributed by atoms with van der Waals surface area (Å²) < 4.78 is 24.4. The number of nitrogens with zero attached hydrogens (tertiary/aromatic N) is 1. The third kappa shape index (κ3) is 3.94. The Morgan fingerprint density at radius 3 is 2.21 bits per heavy atom. The molecule has 0 atom stereocenters. The fourth-order valence-corrected chi connectivity index (χ4v) is 3.97. The third-order valence-electron chi connectivity index (χ3n) is 4.05. The molecule has 1 N–H and O–H groups in total. The van der Waals surface area contributed by atoms with E-state index in [1.807, 2.05) is 12.1 Å². The van der Waals surface area contributed by atoms with E-state index in [0.29, 0.717) is 5.69 Å². The normalized spacial score (nSPS) is 14.6. The first-order valence-electron chi connectivity index (χ1n) is 7.97. The van der Waals surface area contributed by atoms with Crippen LogP contribution in [-0.4, -0.2) is 33.2 Å². The molecular formula is C18H20N2O3S. The highest BCUT2D eigenvalue weighted by Gasteiger charge is 2.19. The van der Waals surface area contributed by atoms with Crippen molar-refractivity contribution in [1.29, 1.82) is 0 Å². The molecule has 0 saturated carbocycles. The fraction of sp³-hybridized carbons (Fsp3) is 0.278. The molecule has 1 amide bonds. The van der Waals surface area contributed by atoms with Crippen molar-refractivity contribution in [3.63, 3.8) is 0 Å². The van der Waals surface area contributed by atoms with E-state index in [2.05, 4.69) is 10.2 Å². The molecule has 0 spiro atoms. The van der Waals surface area contributed by atoms with Crippen molar-refractivity contribution in [3.8, 4) is 0 Å². The zero-order chi connectivity index (χ0) is 17.0. The van der Waals surface area contributed by atoms with Gasteiger partial charge in [0, 0.05) is 24.5 Å². The second-order valence-corrected chi connectivity index (χ2v) is 7.85. The molecule has 0 aromatic heterocycles. The number of sulfone groups is 1. The summed E-state index contributed by atoms with van der Waals surface area (Å²) in [7, 11) is -3.62. The van der Waals surface area contributed by atoms with Gasteiger partial charge in [0.05, 0.1) is 4.90 Å². The van der Waals surface area contributed by atoms with Gasteiger partial charge in [-0.05, 0) is 49.2 Å². The maximum absolute atomic E-state index is 12.2. The molecule has 1 aliphatic heterocycles. The van der Waals surface area contributed by atoms with E-state index in [9.17, 15) is 13.2 Å². The number of amides is 1. The molecule has 6 heteroatoms. The summed E-state index contributed by atoms with van der Waals surface area (Å²) >= 11 is 0. The Bertz CT molecular complexity index is 796. The Morgan fingerprint density at radius 2 is 1.58 bits per heavy atom. The maximum Gasteiger partial charge on any atom is 0.239 e. The minimum Gasteiger partial charge on any atom is -0.372 e. The average Bonchev–Trinajstić information content (AvgIpc) is 3.10. The number of rotatable bonds is 5.